The molecule has 1 saturated heterocycles. The molecule has 0 amide bonds. The Bertz CT molecular complexity index is 447. The summed E-state index contributed by atoms with van der Waals surface area (Å²) in [7, 11) is 0. The average Bonchev–Trinajstić information content (AvgIpc) is 2.47. The first kappa shape index (κ1) is 16.0. The smallest absolute Gasteiger partial charge is 0.226 e. The molecule has 1 N–H and O–H groups in total. The molecule has 2 rings (SSSR count). The largest absolute Gasteiger partial charge is 0.475 e. The van der Waals surface area contributed by atoms with Crippen molar-refractivity contribution in [1.82, 2.24) is 9.97 Å². The predicted molar refractivity (Wildman–Crippen MR) is 83.7 cm³/mol. The number of rotatable bonds is 6. The highest BCUT2D eigenvalue weighted by atomic mass is 16.5. The maximum atomic E-state index is 6.00. The second kappa shape index (κ2) is 7.07. The third kappa shape index (κ3) is 4.30. The molecule has 0 saturated carbocycles. The molecule has 5 heteroatoms. The molecule has 2 heterocycles. The van der Waals surface area contributed by atoms with Gasteiger partial charge in [-0.25, -0.2) is 4.98 Å². The van der Waals surface area contributed by atoms with Crippen LogP contribution in [-0.4, -0.2) is 34.3 Å². The molecular weight excluding hydrogens is 266 g/mol. The Morgan fingerprint density at radius 3 is 2.86 bits per heavy atom. The van der Waals surface area contributed by atoms with E-state index in [0.717, 1.165) is 32.3 Å². The molecule has 0 aliphatic carbocycles. The summed E-state index contributed by atoms with van der Waals surface area (Å²) in [5, 5.41) is 3.44. The third-order valence-corrected chi connectivity index (χ3v) is 4.10. The first-order chi connectivity index (χ1) is 10.1. The van der Waals surface area contributed by atoms with Crippen LogP contribution in [0.4, 0.5) is 5.95 Å². The molecule has 21 heavy (non-hydrogen) atoms. The van der Waals surface area contributed by atoms with Crippen molar-refractivity contribution in [2.45, 2.75) is 71.1 Å². The Kier molecular flexibility index (Phi) is 5.39. The number of nitrogens with one attached hydrogen (secondary N) is 1. The lowest BCUT2D eigenvalue weighted by atomic mass is 9.86. The van der Waals surface area contributed by atoms with Gasteiger partial charge in [-0.15, -0.1) is 0 Å². The van der Waals surface area contributed by atoms with Crippen LogP contribution in [0.25, 0.3) is 0 Å². The van der Waals surface area contributed by atoms with E-state index >= 15 is 0 Å². The number of hydrogen-bond acceptors (Lipinski definition) is 5. The van der Waals surface area contributed by atoms with Gasteiger partial charge in [0.1, 0.15) is 0 Å². The maximum Gasteiger partial charge on any atom is 0.226 e. The summed E-state index contributed by atoms with van der Waals surface area (Å²) in [6.07, 6.45) is 5.92. The van der Waals surface area contributed by atoms with Crippen LogP contribution in [0.1, 0.15) is 53.4 Å². The predicted octanol–water partition coefficient (Wildman–Crippen LogP) is 3.41. The van der Waals surface area contributed by atoms with E-state index in [0.29, 0.717) is 17.9 Å². The quantitative estimate of drug-likeness (QED) is 0.871. The third-order valence-electron chi connectivity index (χ3n) is 4.10. The lowest BCUT2D eigenvalue weighted by molar-refractivity contribution is -0.0865. The second-order valence-electron chi connectivity index (χ2n) is 5.96. The highest BCUT2D eigenvalue weighted by Crippen LogP contribution is 2.32. The highest BCUT2D eigenvalue weighted by molar-refractivity contribution is 5.29. The van der Waals surface area contributed by atoms with Gasteiger partial charge < -0.3 is 14.8 Å². The van der Waals surface area contributed by atoms with E-state index in [9.17, 15) is 0 Å². The standard InChI is InChI=1S/C16H27N3O2/c1-5-16(6-2)11-13(8-10-20-16)18-15-17-9-7-14(19-15)21-12(3)4/h7,9,12-13H,5-6,8,10-11H2,1-4H3,(H,17,18,19). The summed E-state index contributed by atoms with van der Waals surface area (Å²) in [5.41, 5.74) is 0.00194. The lowest BCUT2D eigenvalue weighted by Crippen LogP contribution is -2.43. The van der Waals surface area contributed by atoms with Crippen molar-refractivity contribution in [1.29, 1.82) is 0 Å². The first-order valence-electron chi connectivity index (χ1n) is 7.97. The Hall–Kier alpha value is -1.36. The van der Waals surface area contributed by atoms with Gasteiger partial charge in [0.05, 0.1) is 11.7 Å². The van der Waals surface area contributed by atoms with Crippen molar-refractivity contribution in [3.8, 4) is 5.88 Å². The van der Waals surface area contributed by atoms with E-state index in [1.807, 2.05) is 13.8 Å². The maximum absolute atomic E-state index is 6.00. The Labute approximate surface area is 127 Å². The van der Waals surface area contributed by atoms with Gasteiger partial charge >= 0.3 is 0 Å². The fraction of sp³-hybridized carbons (Fsp3) is 0.750. The van der Waals surface area contributed by atoms with E-state index < -0.39 is 0 Å². The molecule has 1 atom stereocenters. The monoisotopic (exact) mass is 293 g/mol. The number of anilines is 1. The molecule has 1 aliphatic heterocycles. The van der Waals surface area contributed by atoms with Crippen molar-refractivity contribution >= 4 is 5.95 Å². The van der Waals surface area contributed by atoms with Crippen molar-refractivity contribution in [2.24, 2.45) is 0 Å². The zero-order valence-electron chi connectivity index (χ0n) is 13.6. The molecular formula is C16H27N3O2. The van der Waals surface area contributed by atoms with Crippen molar-refractivity contribution in [3.05, 3.63) is 12.3 Å². The van der Waals surface area contributed by atoms with E-state index in [-0.39, 0.29) is 11.7 Å². The minimum Gasteiger partial charge on any atom is -0.475 e. The van der Waals surface area contributed by atoms with Gasteiger partial charge in [0.25, 0.3) is 0 Å². The van der Waals surface area contributed by atoms with Crippen LogP contribution in [-0.2, 0) is 4.74 Å². The van der Waals surface area contributed by atoms with Crippen LogP contribution in [0.2, 0.25) is 0 Å². The topological polar surface area (TPSA) is 56.3 Å². The van der Waals surface area contributed by atoms with E-state index in [4.69, 9.17) is 9.47 Å². The van der Waals surface area contributed by atoms with Crippen LogP contribution in [0, 0.1) is 0 Å². The normalized spacial score (nSPS) is 21.3. The molecule has 1 aromatic heterocycles. The van der Waals surface area contributed by atoms with Crippen LogP contribution in [0.5, 0.6) is 5.88 Å². The number of ether oxygens (including phenoxy) is 2. The SMILES string of the molecule is CCC1(CC)CC(Nc2nccc(OC(C)C)n2)CCO1. The summed E-state index contributed by atoms with van der Waals surface area (Å²) < 4.78 is 11.6. The average molecular weight is 293 g/mol. The summed E-state index contributed by atoms with van der Waals surface area (Å²) in [5.74, 6) is 1.26. The highest BCUT2D eigenvalue weighted by Gasteiger charge is 2.34. The van der Waals surface area contributed by atoms with Gasteiger partial charge in [0.15, 0.2) is 0 Å². The Morgan fingerprint density at radius 1 is 1.43 bits per heavy atom. The minimum absolute atomic E-state index is 0.00194. The summed E-state index contributed by atoms with van der Waals surface area (Å²) in [4.78, 5) is 8.72. The molecule has 5 nitrogen and oxygen atoms in total. The van der Waals surface area contributed by atoms with E-state index in [1.165, 1.54) is 0 Å². The van der Waals surface area contributed by atoms with Gasteiger partial charge in [-0.3, -0.25) is 0 Å². The van der Waals surface area contributed by atoms with Crippen molar-refractivity contribution in [3.63, 3.8) is 0 Å². The van der Waals surface area contributed by atoms with Gasteiger partial charge in [-0.2, -0.15) is 4.98 Å². The molecule has 0 bridgehead atoms. The molecule has 118 valence electrons. The second-order valence-corrected chi connectivity index (χ2v) is 5.96. The summed E-state index contributed by atoms with van der Waals surface area (Å²) in [6, 6.07) is 2.14. The Morgan fingerprint density at radius 2 is 2.19 bits per heavy atom. The zero-order valence-corrected chi connectivity index (χ0v) is 13.6. The number of nitrogens with zero attached hydrogens (tertiary/aromatic N) is 2. The van der Waals surface area contributed by atoms with Crippen LogP contribution in [0.15, 0.2) is 12.3 Å². The van der Waals surface area contributed by atoms with Gasteiger partial charge in [0, 0.05) is 24.9 Å². The van der Waals surface area contributed by atoms with E-state index in [1.54, 1.807) is 12.3 Å². The zero-order chi connectivity index (χ0) is 15.3. The van der Waals surface area contributed by atoms with E-state index in [2.05, 4.69) is 29.1 Å². The van der Waals surface area contributed by atoms with Crippen molar-refractivity contribution in [2.75, 3.05) is 11.9 Å². The van der Waals surface area contributed by atoms with Gasteiger partial charge in [0.2, 0.25) is 11.8 Å². The molecule has 1 unspecified atom stereocenters. The van der Waals surface area contributed by atoms with Gasteiger partial charge in [-0.05, 0) is 39.5 Å². The molecule has 1 fully saturated rings. The fourth-order valence-corrected chi connectivity index (χ4v) is 2.80. The first-order valence-corrected chi connectivity index (χ1v) is 7.97. The van der Waals surface area contributed by atoms with Crippen LogP contribution < -0.4 is 10.1 Å². The summed E-state index contributed by atoms with van der Waals surface area (Å²) in [6.45, 7) is 9.16. The number of aromatic nitrogens is 2. The minimum atomic E-state index is 0.00194. The number of hydrogen-bond donors (Lipinski definition) is 1. The van der Waals surface area contributed by atoms with Crippen LogP contribution in [0.3, 0.4) is 0 Å². The molecule has 0 aromatic carbocycles. The van der Waals surface area contributed by atoms with Crippen LogP contribution >= 0.6 is 0 Å². The molecule has 1 aliphatic rings. The molecule has 0 spiro atoms. The summed E-state index contributed by atoms with van der Waals surface area (Å²) >= 11 is 0. The molecule has 1 aromatic rings. The van der Waals surface area contributed by atoms with Crippen molar-refractivity contribution < 1.29 is 9.47 Å². The van der Waals surface area contributed by atoms with Gasteiger partial charge in [-0.1, -0.05) is 13.8 Å². The Balaban J connectivity index is 2.01. The fourth-order valence-electron chi connectivity index (χ4n) is 2.80. The molecule has 0 radical (unpaired) electrons. The lowest BCUT2D eigenvalue weighted by Gasteiger charge is -2.40.